The molecule has 0 aromatic heterocycles. The van der Waals surface area contributed by atoms with Crippen LogP contribution in [0.4, 0.5) is 10.1 Å². The quantitative estimate of drug-likeness (QED) is 0.553. The fraction of sp³-hybridized carbons (Fsp3) is 0.143. The van der Waals surface area contributed by atoms with Gasteiger partial charge in [-0.1, -0.05) is 0 Å². The zero-order valence-corrected chi connectivity index (χ0v) is 7.76. The summed E-state index contributed by atoms with van der Waals surface area (Å²) < 4.78 is 13.0. The molecule has 0 radical (unpaired) electrons. The minimum Gasteiger partial charge on any atom is -0.258 e. The number of nitrogens with zero attached hydrogens (tertiary/aromatic N) is 1. The van der Waals surface area contributed by atoms with E-state index in [1.165, 1.54) is 6.07 Å². The Morgan fingerprint density at radius 3 is 2.67 bits per heavy atom. The minimum absolute atomic E-state index is 0.243. The highest BCUT2D eigenvalue weighted by Crippen LogP contribution is 2.28. The summed E-state index contributed by atoms with van der Waals surface area (Å²) in [5, 5.41) is 10.3. The van der Waals surface area contributed by atoms with Gasteiger partial charge in [-0.2, -0.15) is 0 Å². The van der Waals surface area contributed by atoms with Crippen LogP contribution in [0.5, 0.6) is 0 Å². The number of hydrogen-bond acceptors (Lipinski definition) is 2. The summed E-state index contributed by atoms with van der Waals surface area (Å²) in [5.41, 5.74) is 0.272. The lowest BCUT2D eigenvalue weighted by molar-refractivity contribution is -0.385. The van der Waals surface area contributed by atoms with Gasteiger partial charge < -0.3 is 0 Å². The third kappa shape index (κ3) is 1.61. The highest BCUT2D eigenvalue weighted by Gasteiger charge is 2.15. The second-order valence-corrected chi connectivity index (χ2v) is 3.11. The van der Waals surface area contributed by atoms with Gasteiger partial charge >= 0.3 is 0 Å². The maximum atomic E-state index is 12.6. The molecule has 0 unspecified atom stereocenters. The van der Waals surface area contributed by atoms with Gasteiger partial charge in [0.1, 0.15) is 5.82 Å². The van der Waals surface area contributed by atoms with Gasteiger partial charge in [0.15, 0.2) is 0 Å². The van der Waals surface area contributed by atoms with Gasteiger partial charge in [0.05, 0.1) is 15.5 Å². The molecule has 5 heteroatoms. The number of nitro groups is 1. The molecule has 0 aliphatic rings. The molecule has 0 bridgehead atoms. The summed E-state index contributed by atoms with van der Waals surface area (Å²) >= 11 is 3.01. The van der Waals surface area contributed by atoms with Crippen LogP contribution in [0, 0.1) is 22.9 Å². The van der Waals surface area contributed by atoms with Crippen molar-refractivity contribution in [3.63, 3.8) is 0 Å². The van der Waals surface area contributed by atoms with Crippen molar-refractivity contribution in [3.8, 4) is 0 Å². The maximum Gasteiger partial charge on any atom is 0.286 e. The van der Waals surface area contributed by atoms with Crippen LogP contribution in [-0.2, 0) is 0 Å². The van der Waals surface area contributed by atoms with Gasteiger partial charge in [-0.15, -0.1) is 0 Å². The monoisotopic (exact) mass is 233 g/mol. The third-order valence-electron chi connectivity index (χ3n) is 1.40. The average molecular weight is 234 g/mol. The largest absolute Gasteiger partial charge is 0.286 e. The summed E-state index contributed by atoms with van der Waals surface area (Å²) in [7, 11) is 0. The second kappa shape index (κ2) is 3.18. The van der Waals surface area contributed by atoms with Crippen molar-refractivity contribution in [2.24, 2.45) is 0 Å². The summed E-state index contributed by atoms with van der Waals surface area (Å²) in [5.74, 6) is -0.595. The Kier molecular flexibility index (Phi) is 2.42. The number of benzene rings is 1. The summed E-state index contributed by atoms with van der Waals surface area (Å²) in [4.78, 5) is 9.71. The lowest BCUT2D eigenvalue weighted by Crippen LogP contribution is -1.92. The Bertz CT molecular complexity index is 340. The van der Waals surface area contributed by atoms with E-state index in [1.807, 2.05) is 0 Å². The first-order valence-corrected chi connectivity index (χ1v) is 3.91. The molecule has 1 aromatic carbocycles. The summed E-state index contributed by atoms with van der Waals surface area (Å²) in [6, 6.07) is 2.12. The lowest BCUT2D eigenvalue weighted by atomic mass is 10.2. The standard InChI is InChI=1S/C7H5BrFNO2/c1-4-2-5(9)3-6(7(4)8)10(11)12/h2-3H,1H3. The van der Waals surface area contributed by atoms with Crippen LogP contribution in [0.15, 0.2) is 16.6 Å². The molecule has 3 nitrogen and oxygen atoms in total. The zero-order chi connectivity index (χ0) is 9.30. The van der Waals surface area contributed by atoms with Crippen LogP contribution in [0.25, 0.3) is 0 Å². The second-order valence-electron chi connectivity index (χ2n) is 2.31. The van der Waals surface area contributed by atoms with Crippen LogP contribution in [-0.4, -0.2) is 4.92 Å². The van der Waals surface area contributed by atoms with E-state index in [9.17, 15) is 14.5 Å². The average Bonchev–Trinajstić information content (AvgIpc) is 1.96. The van der Waals surface area contributed by atoms with E-state index in [0.29, 0.717) is 10.0 Å². The first kappa shape index (κ1) is 9.12. The molecule has 64 valence electrons. The third-order valence-corrected chi connectivity index (χ3v) is 2.43. The predicted octanol–water partition coefficient (Wildman–Crippen LogP) is 2.80. The van der Waals surface area contributed by atoms with Crippen LogP contribution in [0.2, 0.25) is 0 Å². The first-order valence-electron chi connectivity index (χ1n) is 3.12. The Balaban J connectivity index is 3.37. The van der Waals surface area contributed by atoms with Crippen molar-refractivity contribution in [1.82, 2.24) is 0 Å². The van der Waals surface area contributed by atoms with E-state index in [4.69, 9.17) is 0 Å². The van der Waals surface area contributed by atoms with Crippen molar-refractivity contribution in [2.75, 3.05) is 0 Å². The Labute approximate surface area is 76.5 Å². The van der Waals surface area contributed by atoms with Gasteiger partial charge in [-0.05, 0) is 34.5 Å². The van der Waals surface area contributed by atoms with E-state index in [-0.39, 0.29) is 5.69 Å². The van der Waals surface area contributed by atoms with Crippen molar-refractivity contribution >= 4 is 21.6 Å². The van der Waals surface area contributed by atoms with E-state index in [1.54, 1.807) is 6.92 Å². The summed E-state index contributed by atoms with van der Waals surface area (Å²) in [6.45, 7) is 1.60. The highest BCUT2D eigenvalue weighted by molar-refractivity contribution is 9.10. The molecule has 0 saturated carbocycles. The molecule has 0 aliphatic heterocycles. The van der Waals surface area contributed by atoms with E-state index >= 15 is 0 Å². The van der Waals surface area contributed by atoms with E-state index in [0.717, 1.165) is 6.07 Å². The molecule has 0 aliphatic carbocycles. The van der Waals surface area contributed by atoms with E-state index < -0.39 is 10.7 Å². The molecular formula is C7H5BrFNO2. The molecule has 0 spiro atoms. The van der Waals surface area contributed by atoms with Gasteiger partial charge in [-0.25, -0.2) is 4.39 Å². The van der Waals surface area contributed by atoms with Crippen LogP contribution >= 0.6 is 15.9 Å². The molecule has 12 heavy (non-hydrogen) atoms. The van der Waals surface area contributed by atoms with Crippen LogP contribution in [0.3, 0.4) is 0 Å². The van der Waals surface area contributed by atoms with Gasteiger partial charge in [-0.3, -0.25) is 10.1 Å². The molecule has 0 atom stereocenters. The van der Waals surface area contributed by atoms with Crippen molar-refractivity contribution in [2.45, 2.75) is 6.92 Å². The van der Waals surface area contributed by atoms with Crippen LogP contribution in [0.1, 0.15) is 5.56 Å². The van der Waals surface area contributed by atoms with Crippen molar-refractivity contribution < 1.29 is 9.31 Å². The Hall–Kier alpha value is -0.970. The molecule has 0 N–H and O–H groups in total. The number of halogens is 2. The smallest absolute Gasteiger partial charge is 0.258 e. The Morgan fingerprint density at radius 2 is 2.17 bits per heavy atom. The fourth-order valence-corrected chi connectivity index (χ4v) is 1.21. The minimum atomic E-state index is -0.625. The fourth-order valence-electron chi connectivity index (χ4n) is 0.841. The molecular weight excluding hydrogens is 229 g/mol. The topological polar surface area (TPSA) is 43.1 Å². The van der Waals surface area contributed by atoms with E-state index in [2.05, 4.69) is 15.9 Å². The Morgan fingerprint density at radius 1 is 1.58 bits per heavy atom. The summed E-state index contributed by atoms with van der Waals surface area (Å²) in [6.07, 6.45) is 0. The van der Waals surface area contributed by atoms with Gasteiger partial charge in [0, 0.05) is 0 Å². The number of rotatable bonds is 1. The van der Waals surface area contributed by atoms with Gasteiger partial charge in [0.2, 0.25) is 0 Å². The molecule has 0 fully saturated rings. The lowest BCUT2D eigenvalue weighted by Gasteiger charge is -1.98. The SMILES string of the molecule is Cc1cc(F)cc([N+](=O)[O-])c1Br. The molecule has 1 rings (SSSR count). The predicted molar refractivity (Wildman–Crippen MR) is 45.5 cm³/mol. The molecule has 0 amide bonds. The molecule has 0 heterocycles. The zero-order valence-electron chi connectivity index (χ0n) is 6.17. The molecule has 1 aromatic rings. The van der Waals surface area contributed by atoms with Crippen LogP contribution < -0.4 is 0 Å². The number of nitro benzene ring substituents is 1. The maximum absolute atomic E-state index is 12.6. The molecule has 0 saturated heterocycles. The number of hydrogen-bond donors (Lipinski definition) is 0. The first-order chi connectivity index (χ1) is 5.52. The number of aryl methyl sites for hydroxylation is 1. The van der Waals surface area contributed by atoms with Crippen molar-refractivity contribution in [1.29, 1.82) is 0 Å². The highest BCUT2D eigenvalue weighted by atomic mass is 79.9. The van der Waals surface area contributed by atoms with Crippen molar-refractivity contribution in [3.05, 3.63) is 38.1 Å². The van der Waals surface area contributed by atoms with Gasteiger partial charge in [0.25, 0.3) is 5.69 Å². The normalized spacial score (nSPS) is 9.92.